The number of benzene rings is 1. The molecule has 0 saturated heterocycles. The molecule has 1 rings (SSSR count). The summed E-state index contributed by atoms with van der Waals surface area (Å²) in [5, 5.41) is 0.371. The molecule has 1 atom stereocenters. The monoisotopic (exact) mass is 354 g/mol. The lowest BCUT2D eigenvalue weighted by molar-refractivity contribution is -0.147. The van der Waals surface area contributed by atoms with E-state index < -0.39 is 10.8 Å². The molecule has 0 aliphatic rings. The first-order valence-corrected chi connectivity index (χ1v) is 9.02. The molecule has 0 bridgehead atoms. The summed E-state index contributed by atoms with van der Waals surface area (Å²) in [4.78, 5) is 25.1. The predicted molar refractivity (Wildman–Crippen MR) is 97.4 cm³/mol. The van der Waals surface area contributed by atoms with Gasteiger partial charge in [-0.15, -0.1) is 0 Å². The molecule has 126 valence electrons. The van der Waals surface area contributed by atoms with Crippen LogP contribution in [0.1, 0.15) is 43.6 Å². The van der Waals surface area contributed by atoms with E-state index in [9.17, 15) is 9.59 Å². The molecule has 0 saturated carbocycles. The largest absolute Gasteiger partial charge is 0.486 e. The lowest BCUT2D eigenvalue weighted by Crippen LogP contribution is -2.45. The normalized spacial score (nSPS) is 12.3. The number of methoxy groups -OCH3 is 1. The van der Waals surface area contributed by atoms with E-state index in [0.717, 1.165) is 5.56 Å². The number of carbonyl (C=O) groups is 2. The Balaban J connectivity index is 3.11. The highest BCUT2D eigenvalue weighted by atomic mass is 32.1. The maximum Gasteiger partial charge on any atom is 0.314 e. The van der Waals surface area contributed by atoms with E-state index in [1.807, 2.05) is 0 Å². The minimum absolute atomic E-state index is 0.0569. The molecule has 0 heterocycles. The van der Waals surface area contributed by atoms with E-state index in [-0.39, 0.29) is 20.6 Å². The van der Waals surface area contributed by atoms with Crippen LogP contribution in [-0.4, -0.2) is 30.6 Å². The average molecular weight is 354 g/mol. The maximum absolute atomic E-state index is 12.9. The summed E-state index contributed by atoms with van der Waals surface area (Å²) in [5.41, 5.74) is -0.583. The highest BCUT2D eigenvalue weighted by Crippen LogP contribution is 2.43. The topological polar surface area (TPSA) is 52.6 Å². The van der Waals surface area contributed by atoms with Crippen LogP contribution in [0.25, 0.3) is 0 Å². The maximum atomic E-state index is 12.9. The second kappa shape index (κ2) is 7.50. The summed E-state index contributed by atoms with van der Waals surface area (Å²) in [6, 6.07) is 6.89. The van der Waals surface area contributed by atoms with Crippen molar-refractivity contribution in [2.75, 3.05) is 13.8 Å². The Morgan fingerprint density at radius 1 is 1.00 bits per heavy atom. The molecule has 1 aromatic rings. The number of thiocarbonyl (C=S) groups is 1. The molecule has 0 aliphatic carbocycles. The van der Waals surface area contributed by atoms with Crippen LogP contribution in [0, 0.1) is 10.8 Å². The number of ketones is 1. The van der Waals surface area contributed by atoms with Crippen molar-refractivity contribution in [3.63, 3.8) is 0 Å². The van der Waals surface area contributed by atoms with Crippen molar-refractivity contribution in [3.05, 3.63) is 35.4 Å². The second-order valence-electron chi connectivity index (χ2n) is 6.24. The Hall–Kier alpha value is -1.32. The third kappa shape index (κ3) is 3.96. The van der Waals surface area contributed by atoms with E-state index in [1.165, 1.54) is 7.11 Å². The first-order chi connectivity index (χ1) is 10.6. The van der Waals surface area contributed by atoms with Gasteiger partial charge in [-0.05, 0) is 44.9 Å². The highest BCUT2D eigenvalue weighted by molar-refractivity contribution is 7.80. The molecule has 0 aliphatic heterocycles. The number of ether oxygens (including phenoxy) is 1. The number of Topliss-reactive ketones (excluding diaryl/α,β-unsaturated/α-hetero) is 1. The molecule has 1 aromatic carbocycles. The summed E-state index contributed by atoms with van der Waals surface area (Å²) >= 11 is 5.06. The van der Waals surface area contributed by atoms with E-state index in [4.69, 9.17) is 21.5 Å². The fourth-order valence-electron chi connectivity index (χ4n) is 2.00. The van der Waals surface area contributed by atoms with Crippen molar-refractivity contribution >= 4 is 37.8 Å². The molecular formula is C17H23O4PS. The van der Waals surface area contributed by atoms with Crippen LogP contribution in [0.5, 0.6) is 0 Å². The number of hydrogen-bond acceptors (Lipinski definition) is 5. The molecule has 0 fully saturated rings. The Labute approximate surface area is 144 Å². The lowest BCUT2D eigenvalue weighted by atomic mass is 9.64. The van der Waals surface area contributed by atoms with E-state index in [0.29, 0.717) is 10.6 Å². The number of hydrogen-bond donors (Lipinski definition) is 0. The Bertz CT molecular complexity index is 606. The molecule has 0 amide bonds. The fraction of sp³-hybridized carbons (Fsp3) is 0.471. The smallest absolute Gasteiger partial charge is 0.314 e. The van der Waals surface area contributed by atoms with Gasteiger partial charge in [0, 0.05) is 16.5 Å². The molecule has 4 nitrogen and oxygen atoms in total. The Kier molecular flexibility index (Phi) is 6.43. The number of rotatable bonds is 6. The SMILES string of the molecule is COC(=S)c1ccc(C(=O)C(C)(C)C(C)(C)C(=O)OPC)cc1. The van der Waals surface area contributed by atoms with Gasteiger partial charge >= 0.3 is 5.97 Å². The van der Waals surface area contributed by atoms with Gasteiger partial charge < -0.3 is 9.26 Å². The molecule has 0 N–H and O–H groups in total. The highest BCUT2D eigenvalue weighted by Gasteiger charge is 2.49. The van der Waals surface area contributed by atoms with Crippen molar-refractivity contribution < 1.29 is 18.8 Å². The molecule has 0 radical (unpaired) electrons. The van der Waals surface area contributed by atoms with Crippen molar-refractivity contribution in [3.8, 4) is 0 Å². The first-order valence-electron chi connectivity index (χ1n) is 7.20. The minimum atomic E-state index is -0.937. The van der Waals surface area contributed by atoms with Crippen molar-refractivity contribution in [2.24, 2.45) is 10.8 Å². The third-order valence-electron chi connectivity index (χ3n) is 4.40. The van der Waals surface area contributed by atoms with Gasteiger partial charge in [0.2, 0.25) is 0 Å². The van der Waals surface area contributed by atoms with Crippen LogP contribution < -0.4 is 0 Å². The van der Waals surface area contributed by atoms with Gasteiger partial charge in [0.15, 0.2) is 10.8 Å². The Morgan fingerprint density at radius 2 is 1.48 bits per heavy atom. The Morgan fingerprint density at radius 3 is 1.91 bits per heavy atom. The van der Waals surface area contributed by atoms with Gasteiger partial charge in [0.1, 0.15) is 0 Å². The van der Waals surface area contributed by atoms with E-state index in [1.54, 1.807) is 58.6 Å². The fourth-order valence-corrected chi connectivity index (χ4v) is 2.57. The molecule has 1 unspecified atom stereocenters. The van der Waals surface area contributed by atoms with E-state index in [2.05, 4.69) is 0 Å². The van der Waals surface area contributed by atoms with E-state index >= 15 is 0 Å². The summed E-state index contributed by atoms with van der Waals surface area (Å²) in [6.45, 7) is 8.79. The lowest BCUT2D eigenvalue weighted by Gasteiger charge is -2.37. The standard InChI is InChI=1S/C17H23O4PS/c1-16(2,17(3,4)15(19)21-22-6)13(18)11-7-9-12(10-8-11)14(23)20-5/h7-10,22H,1-6H3. The van der Waals surface area contributed by atoms with Crippen molar-refractivity contribution in [1.29, 1.82) is 0 Å². The van der Waals surface area contributed by atoms with Crippen LogP contribution in [0.3, 0.4) is 0 Å². The summed E-state index contributed by atoms with van der Waals surface area (Å²) in [6.07, 6.45) is 0. The van der Waals surface area contributed by atoms with Crippen LogP contribution in [0.4, 0.5) is 0 Å². The van der Waals surface area contributed by atoms with Crippen LogP contribution >= 0.6 is 21.0 Å². The van der Waals surface area contributed by atoms with Gasteiger partial charge in [-0.1, -0.05) is 26.0 Å². The zero-order valence-electron chi connectivity index (χ0n) is 14.4. The van der Waals surface area contributed by atoms with Gasteiger partial charge in [-0.3, -0.25) is 9.59 Å². The molecule has 6 heteroatoms. The van der Waals surface area contributed by atoms with Crippen LogP contribution in [0.2, 0.25) is 0 Å². The average Bonchev–Trinajstić information content (AvgIpc) is 2.53. The zero-order valence-corrected chi connectivity index (χ0v) is 16.2. The van der Waals surface area contributed by atoms with Crippen molar-refractivity contribution in [2.45, 2.75) is 27.7 Å². The van der Waals surface area contributed by atoms with Gasteiger partial charge in [-0.25, -0.2) is 0 Å². The molecule has 23 heavy (non-hydrogen) atoms. The van der Waals surface area contributed by atoms with Gasteiger partial charge in [0.05, 0.1) is 21.3 Å². The second-order valence-corrected chi connectivity index (χ2v) is 7.22. The predicted octanol–water partition coefficient (Wildman–Crippen LogP) is 4.01. The molecule has 0 spiro atoms. The van der Waals surface area contributed by atoms with Crippen LogP contribution in [0.15, 0.2) is 24.3 Å². The molecular weight excluding hydrogens is 331 g/mol. The van der Waals surface area contributed by atoms with Gasteiger partial charge in [-0.2, -0.15) is 0 Å². The summed E-state index contributed by atoms with van der Waals surface area (Å²) < 4.78 is 10.1. The minimum Gasteiger partial charge on any atom is -0.486 e. The van der Waals surface area contributed by atoms with Crippen LogP contribution in [-0.2, 0) is 14.1 Å². The first kappa shape index (κ1) is 19.7. The quantitative estimate of drug-likeness (QED) is 0.439. The summed E-state index contributed by atoms with van der Waals surface area (Å²) in [5.74, 6) is -0.484. The number of carbonyl (C=O) groups excluding carboxylic acids is 2. The summed E-state index contributed by atoms with van der Waals surface area (Å²) in [7, 11) is 1.56. The van der Waals surface area contributed by atoms with Gasteiger partial charge in [0.25, 0.3) is 0 Å². The van der Waals surface area contributed by atoms with Crippen molar-refractivity contribution in [1.82, 2.24) is 0 Å². The zero-order chi connectivity index (χ0) is 17.8. The third-order valence-corrected chi connectivity index (χ3v) is 5.20. The molecule has 0 aromatic heterocycles.